The fourth-order valence-corrected chi connectivity index (χ4v) is 2.46. The molecular formula is C17H13ClFN3O3. The summed E-state index contributed by atoms with van der Waals surface area (Å²) in [5, 5.41) is 10.3. The van der Waals surface area contributed by atoms with Gasteiger partial charge in [0, 0.05) is 0 Å². The van der Waals surface area contributed by atoms with E-state index in [-0.39, 0.29) is 28.9 Å². The lowest BCUT2D eigenvalue weighted by atomic mass is 10.2. The van der Waals surface area contributed by atoms with Gasteiger partial charge in [-0.15, -0.1) is 10.2 Å². The van der Waals surface area contributed by atoms with Crippen LogP contribution in [0, 0.1) is 5.82 Å². The number of para-hydroxylation sites is 1. The minimum atomic E-state index is -0.703. The third-order valence-corrected chi connectivity index (χ3v) is 3.71. The van der Waals surface area contributed by atoms with Gasteiger partial charge in [-0.2, -0.15) is 0 Å². The summed E-state index contributed by atoms with van der Waals surface area (Å²) in [5.74, 6) is -0.363. The van der Waals surface area contributed by atoms with Crippen molar-refractivity contribution in [2.24, 2.45) is 0 Å². The summed E-state index contributed by atoms with van der Waals surface area (Å²) in [4.78, 5) is 12.1. The lowest BCUT2D eigenvalue weighted by Gasteiger charge is -2.06. The zero-order valence-corrected chi connectivity index (χ0v) is 13.9. The molecular weight excluding hydrogens is 349 g/mol. The highest BCUT2D eigenvalue weighted by atomic mass is 35.5. The van der Waals surface area contributed by atoms with Gasteiger partial charge in [-0.05, 0) is 24.3 Å². The van der Waals surface area contributed by atoms with E-state index in [9.17, 15) is 9.18 Å². The van der Waals surface area contributed by atoms with Gasteiger partial charge in [-0.3, -0.25) is 4.79 Å². The summed E-state index contributed by atoms with van der Waals surface area (Å²) >= 11 is 5.86. The molecule has 3 rings (SSSR count). The van der Waals surface area contributed by atoms with Crippen LogP contribution >= 0.6 is 11.6 Å². The van der Waals surface area contributed by atoms with E-state index in [1.54, 1.807) is 12.1 Å². The number of nitrogens with zero attached hydrogens (tertiary/aromatic N) is 2. The maximum Gasteiger partial charge on any atom is 0.256 e. The van der Waals surface area contributed by atoms with Crippen LogP contribution in [0.4, 0.5) is 4.39 Å². The first-order valence-corrected chi connectivity index (χ1v) is 7.66. The van der Waals surface area contributed by atoms with Crippen LogP contribution in [-0.4, -0.2) is 23.2 Å². The van der Waals surface area contributed by atoms with Crippen molar-refractivity contribution in [2.45, 2.75) is 6.54 Å². The third kappa shape index (κ3) is 3.61. The van der Waals surface area contributed by atoms with Crippen molar-refractivity contribution < 1.29 is 18.3 Å². The standard InChI is InChI=1S/C17H13ClFN3O3/c1-24-13-8-3-2-5-10(13)17-22-21-14(25-17)9-20-16(23)15-11(18)6-4-7-12(15)19/h2-8H,9H2,1H3,(H,20,23). The van der Waals surface area contributed by atoms with Crippen molar-refractivity contribution in [3.63, 3.8) is 0 Å². The topological polar surface area (TPSA) is 77.3 Å². The Morgan fingerprint density at radius 1 is 1.24 bits per heavy atom. The number of nitrogens with one attached hydrogen (secondary N) is 1. The van der Waals surface area contributed by atoms with Crippen LogP contribution in [0.1, 0.15) is 16.2 Å². The average Bonchev–Trinajstić information content (AvgIpc) is 3.08. The largest absolute Gasteiger partial charge is 0.496 e. The van der Waals surface area contributed by atoms with Crippen molar-refractivity contribution in [1.82, 2.24) is 15.5 Å². The average molecular weight is 362 g/mol. The SMILES string of the molecule is COc1ccccc1-c1nnc(CNC(=O)c2c(F)cccc2Cl)o1. The molecule has 128 valence electrons. The number of halogens is 2. The number of rotatable bonds is 5. The predicted octanol–water partition coefficient (Wildman–Crippen LogP) is 3.47. The summed E-state index contributed by atoms with van der Waals surface area (Å²) in [6, 6.07) is 11.2. The van der Waals surface area contributed by atoms with Crippen molar-refractivity contribution in [1.29, 1.82) is 0 Å². The molecule has 3 aromatic rings. The first-order valence-electron chi connectivity index (χ1n) is 7.28. The predicted molar refractivity (Wildman–Crippen MR) is 88.9 cm³/mol. The second-order valence-electron chi connectivity index (χ2n) is 4.98. The second kappa shape index (κ2) is 7.31. The first-order chi connectivity index (χ1) is 12.1. The van der Waals surface area contributed by atoms with Crippen LogP contribution in [0.3, 0.4) is 0 Å². The molecule has 1 aromatic heterocycles. The Kier molecular flexibility index (Phi) is 4.95. The van der Waals surface area contributed by atoms with E-state index in [0.29, 0.717) is 11.3 Å². The Bertz CT molecular complexity index is 893. The fourth-order valence-electron chi connectivity index (χ4n) is 2.21. The molecule has 0 bridgehead atoms. The number of methoxy groups -OCH3 is 1. The quantitative estimate of drug-likeness (QED) is 0.753. The lowest BCUT2D eigenvalue weighted by molar-refractivity contribution is 0.0943. The summed E-state index contributed by atoms with van der Waals surface area (Å²) in [6.45, 7) is -0.0638. The second-order valence-corrected chi connectivity index (χ2v) is 5.39. The molecule has 0 spiro atoms. The molecule has 0 aliphatic carbocycles. The Morgan fingerprint density at radius 2 is 2.04 bits per heavy atom. The molecule has 2 aromatic carbocycles. The van der Waals surface area contributed by atoms with Crippen LogP contribution in [0.25, 0.3) is 11.5 Å². The molecule has 0 atom stereocenters. The Morgan fingerprint density at radius 3 is 2.80 bits per heavy atom. The maximum absolute atomic E-state index is 13.7. The van der Waals surface area contributed by atoms with Crippen LogP contribution < -0.4 is 10.1 Å². The van der Waals surface area contributed by atoms with Gasteiger partial charge in [-0.1, -0.05) is 29.8 Å². The highest BCUT2D eigenvalue weighted by Gasteiger charge is 2.17. The molecule has 0 aliphatic rings. The number of hydrogen-bond acceptors (Lipinski definition) is 5. The van der Waals surface area contributed by atoms with Gasteiger partial charge in [0.1, 0.15) is 11.6 Å². The number of ether oxygens (including phenoxy) is 1. The number of amides is 1. The zero-order chi connectivity index (χ0) is 17.8. The highest BCUT2D eigenvalue weighted by Crippen LogP contribution is 2.28. The van der Waals surface area contributed by atoms with E-state index in [0.717, 1.165) is 6.07 Å². The Hall–Kier alpha value is -2.93. The van der Waals surface area contributed by atoms with E-state index in [2.05, 4.69) is 15.5 Å². The molecule has 0 fully saturated rings. The minimum absolute atomic E-state index is 0.0257. The van der Waals surface area contributed by atoms with E-state index < -0.39 is 11.7 Å². The minimum Gasteiger partial charge on any atom is -0.496 e. The van der Waals surface area contributed by atoms with Crippen molar-refractivity contribution in [3.8, 4) is 17.2 Å². The van der Waals surface area contributed by atoms with Gasteiger partial charge >= 0.3 is 0 Å². The maximum atomic E-state index is 13.7. The Balaban J connectivity index is 1.73. The highest BCUT2D eigenvalue weighted by molar-refractivity contribution is 6.33. The molecule has 1 amide bonds. The first kappa shape index (κ1) is 16.9. The van der Waals surface area contributed by atoms with E-state index >= 15 is 0 Å². The van der Waals surface area contributed by atoms with Gasteiger partial charge in [0.05, 0.1) is 29.8 Å². The summed E-state index contributed by atoms with van der Waals surface area (Å²) in [5.41, 5.74) is 0.404. The van der Waals surface area contributed by atoms with Crippen LogP contribution in [0.2, 0.25) is 5.02 Å². The van der Waals surface area contributed by atoms with Gasteiger partial charge in [0.25, 0.3) is 11.8 Å². The molecule has 6 nitrogen and oxygen atoms in total. The molecule has 0 radical (unpaired) electrons. The van der Waals surface area contributed by atoms with E-state index in [1.165, 1.54) is 19.2 Å². The van der Waals surface area contributed by atoms with Gasteiger partial charge in [-0.25, -0.2) is 4.39 Å². The number of carbonyl (C=O) groups excluding carboxylic acids is 1. The third-order valence-electron chi connectivity index (χ3n) is 3.39. The van der Waals surface area contributed by atoms with Crippen molar-refractivity contribution >= 4 is 17.5 Å². The zero-order valence-electron chi connectivity index (χ0n) is 13.1. The number of hydrogen-bond donors (Lipinski definition) is 1. The molecule has 0 saturated heterocycles. The van der Waals surface area contributed by atoms with Crippen LogP contribution in [0.5, 0.6) is 5.75 Å². The molecule has 25 heavy (non-hydrogen) atoms. The van der Waals surface area contributed by atoms with E-state index in [1.807, 2.05) is 12.1 Å². The number of aromatic nitrogens is 2. The molecule has 0 aliphatic heterocycles. The normalized spacial score (nSPS) is 10.5. The number of benzene rings is 2. The summed E-state index contributed by atoms with van der Waals surface area (Å²) in [6.07, 6.45) is 0. The van der Waals surface area contributed by atoms with Crippen molar-refractivity contribution in [3.05, 3.63) is 64.8 Å². The lowest BCUT2D eigenvalue weighted by Crippen LogP contribution is -2.24. The van der Waals surface area contributed by atoms with Gasteiger partial charge < -0.3 is 14.5 Å². The molecule has 0 saturated carbocycles. The molecule has 0 unspecified atom stereocenters. The monoisotopic (exact) mass is 361 g/mol. The molecule has 1 N–H and O–H groups in total. The smallest absolute Gasteiger partial charge is 0.256 e. The van der Waals surface area contributed by atoms with Gasteiger partial charge in [0.2, 0.25) is 5.89 Å². The Labute approximate surface area is 147 Å². The molecule has 8 heteroatoms. The van der Waals surface area contributed by atoms with Crippen LogP contribution in [0.15, 0.2) is 46.9 Å². The summed E-state index contributed by atoms with van der Waals surface area (Å²) in [7, 11) is 1.54. The molecule has 1 heterocycles. The van der Waals surface area contributed by atoms with Crippen molar-refractivity contribution in [2.75, 3.05) is 7.11 Å². The fraction of sp³-hybridized carbons (Fsp3) is 0.118. The van der Waals surface area contributed by atoms with Crippen LogP contribution in [-0.2, 0) is 6.54 Å². The number of carbonyl (C=O) groups is 1. The van der Waals surface area contributed by atoms with E-state index in [4.69, 9.17) is 20.8 Å². The van der Waals surface area contributed by atoms with Gasteiger partial charge in [0.15, 0.2) is 0 Å². The summed E-state index contributed by atoms with van der Waals surface area (Å²) < 4.78 is 24.5.